The Kier molecular flexibility index (Phi) is 4.56. The minimum atomic E-state index is -1.35. The number of hydrogen-bond donors (Lipinski definition) is 4. The van der Waals surface area contributed by atoms with Crippen LogP contribution < -0.4 is 16.4 Å². The molecule has 0 aromatic rings. The first-order valence-corrected chi connectivity index (χ1v) is 4.33. The molecule has 3 amide bonds. The van der Waals surface area contributed by atoms with Gasteiger partial charge in [-0.05, 0) is 13.8 Å². The summed E-state index contributed by atoms with van der Waals surface area (Å²) in [6.45, 7) is 2.78. The van der Waals surface area contributed by atoms with Crippen LogP contribution in [0.3, 0.4) is 0 Å². The maximum absolute atomic E-state index is 11.1. The molecule has 0 heterocycles. The Morgan fingerprint density at radius 2 is 1.87 bits per heavy atom. The molecule has 7 nitrogen and oxygen atoms in total. The third kappa shape index (κ3) is 5.50. The van der Waals surface area contributed by atoms with Crippen molar-refractivity contribution in [2.45, 2.75) is 25.8 Å². The standard InChI is InChI=1S/C8H15N3O4/c1-8(2,6(13)14)11-7(15)10-4-3-5(9)12/h3-4H2,1-2H3,(H2,9,12)(H,13,14)(H2,10,11,15). The van der Waals surface area contributed by atoms with Crippen molar-refractivity contribution in [2.75, 3.05) is 6.54 Å². The molecular weight excluding hydrogens is 202 g/mol. The van der Waals surface area contributed by atoms with Gasteiger partial charge in [-0.1, -0.05) is 0 Å². The van der Waals surface area contributed by atoms with E-state index in [0.29, 0.717) is 0 Å². The molecule has 0 rings (SSSR count). The Morgan fingerprint density at radius 3 is 2.27 bits per heavy atom. The van der Waals surface area contributed by atoms with Gasteiger partial charge in [0.05, 0.1) is 0 Å². The molecule has 0 fully saturated rings. The molecule has 0 saturated carbocycles. The summed E-state index contributed by atoms with van der Waals surface area (Å²) in [6.07, 6.45) is 0.0148. The molecule has 0 spiro atoms. The summed E-state index contributed by atoms with van der Waals surface area (Å²) in [7, 11) is 0. The lowest BCUT2D eigenvalue weighted by Crippen LogP contribution is -2.53. The fraction of sp³-hybridized carbons (Fsp3) is 0.625. The minimum absolute atomic E-state index is 0.0148. The Hall–Kier alpha value is -1.79. The molecule has 0 aliphatic carbocycles. The molecule has 86 valence electrons. The van der Waals surface area contributed by atoms with Crippen molar-refractivity contribution < 1.29 is 19.5 Å². The second-order valence-electron chi connectivity index (χ2n) is 3.53. The molecule has 0 radical (unpaired) electrons. The van der Waals surface area contributed by atoms with Gasteiger partial charge in [0.15, 0.2) is 0 Å². The van der Waals surface area contributed by atoms with Gasteiger partial charge < -0.3 is 21.5 Å². The second kappa shape index (κ2) is 5.18. The molecule has 7 heteroatoms. The Labute approximate surface area is 87.0 Å². The topological polar surface area (TPSA) is 122 Å². The van der Waals surface area contributed by atoms with Crippen LogP contribution in [-0.4, -0.2) is 35.1 Å². The number of carboxylic acid groups (broad SMARTS) is 1. The van der Waals surface area contributed by atoms with Gasteiger partial charge in [0.25, 0.3) is 0 Å². The Morgan fingerprint density at radius 1 is 1.33 bits per heavy atom. The van der Waals surface area contributed by atoms with Crippen molar-refractivity contribution in [3.05, 3.63) is 0 Å². The number of rotatable bonds is 5. The Balaban J connectivity index is 3.94. The second-order valence-corrected chi connectivity index (χ2v) is 3.53. The summed E-state index contributed by atoms with van der Waals surface area (Å²) < 4.78 is 0. The first-order chi connectivity index (χ1) is 6.75. The number of amides is 3. The molecule has 0 saturated heterocycles. The van der Waals surface area contributed by atoms with E-state index in [1.165, 1.54) is 13.8 Å². The van der Waals surface area contributed by atoms with Crippen LogP contribution in [0.5, 0.6) is 0 Å². The van der Waals surface area contributed by atoms with Gasteiger partial charge in [-0.25, -0.2) is 9.59 Å². The average molecular weight is 217 g/mol. The van der Waals surface area contributed by atoms with Crippen molar-refractivity contribution in [1.29, 1.82) is 0 Å². The van der Waals surface area contributed by atoms with Crippen molar-refractivity contribution in [1.82, 2.24) is 10.6 Å². The third-order valence-corrected chi connectivity index (χ3v) is 1.62. The first-order valence-electron chi connectivity index (χ1n) is 4.33. The molecule has 0 aliphatic rings. The molecule has 0 bridgehead atoms. The fourth-order valence-electron chi connectivity index (χ4n) is 0.681. The van der Waals surface area contributed by atoms with Gasteiger partial charge in [-0.15, -0.1) is 0 Å². The van der Waals surface area contributed by atoms with Crippen molar-refractivity contribution >= 4 is 17.9 Å². The molecule has 0 aromatic heterocycles. The van der Waals surface area contributed by atoms with Gasteiger partial charge in [-0.2, -0.15) is 0 Å². The number of aliphatic carboxylic acids is 1. The summed E-state index contributed by atoms with van der Waals surface area (Å²) in [5, 5.41) is 13.2. The number of carbonyl (C=O) groups is 3. The number of nitrogens with two attached hydrogens (primary N) is 1. The highest BCUT2D eigenvalue weighted by Gasteiger charge is 2.28. The summed E-state index contributed by atoms with van der Waals surface area (Å²) in [5.74, 6) is -1.68. The van der Waals surface area contributed by atoms with Crippen LogP contribution in [0.2, 0.25) is 0 Å². The van der Waals surface area contributed by atoms with Crippen molar-refractivity contribution in [2.24, 2.45) is 5.73 Å². The van der Waals surface area contributed by atoms with Crippen molar-refractivity contribution in [3.63, 3.8) is 0 Å². The zero-order valence-corrected chi connectivity index (χ0v) is 8.66. The van der Waals surface area contributed by atoms with Crippen molar-refractivity contribution in [3.8, 4) is 0 Å². The molecular formula is C8H15N3O4. The highest BCUT2D eigenvalue weighted by Crippen LogP contribution is 2.00. The molecule has 0 unspecified atom stereocenters. The molecule has 5 N–H and O–H groups in total. The van der Waals surface area contributed by atoms with Crippen LogP contribution in [0.1, 0.15) is 20.3 Å². The SMILES string of the molecule is CC(C)(NC(=O)NCCC(N)=O)C(=O)O. The molecule has 0 aliphatic heterocycles. The molecule has 15 heavy (non-hydrogen) atoms. The van der Waals surface area contributed by atoms with Gasteiger partial charge in [0, 0.05) is 13.0 Å². The zero-order chi connectivity index (χ0) is 12.1. The van der Waals surface area contributed by atoms with E-state index in [9.17, 15) is 14.4 Å². The molecule has 0 aromatic carbocycles. The maximum Gasteiger partial charge on any atom is 0.328 e. The largest absolute Gasteiger partial charge is 0.480 e. The first kappa shape index (κ1) is 13.2. The lowest BCUT2D eigenvalue weighted by molar-refractivity contribution is -0.142. The maximum atomic E-state index is 11.1. The number of urea groups is 1. The lowest BCUT2D eigenvalue weighted by Gasteiger charge is -2.20. The zero-order valence-electron chi connectivity index (χ0n) is 8.66. The van der Waals surface area contributed by atoms with E-state index in [-0.39, 0.29) is 13.0 Å². The number of carboxylic acids is 1. The van der Waals surface area contributed by atoms with Crippen LogP contribution in [0.25, 0.3) is 0 Å². The summed E-state index contributed by atoms with van der Waals surface area (Å²) in [6, 6.07) is -0.649. The molecule has 0 atom stereocenters. The smallest absolute Gasteiger partial charge is 0.328 e. The van der Waals surface area contributed by atoms with Gasteiger partial charge >= 0.3 is 12.0 Å². The average Bonchev–Trinajstić information content (AvgIpc) is 2.01. The van der Waals surface area contributed by atoms with Crippen LogP contribution in [0.15, 0.2) is 0 Å². The van der Waals surface area contributed by atoms with Gasteiger partial charge in [0.1, 0.15) is 5.54 Å². The number of hydrogen-bond acceptors (Lipinski definition) is 3. The summed E-state index contributed by atoms with van der Waals surface area (Å²) >= 11 is 0. The van der Waals surface area contributed by atoms with Crippen LogP contribution in [0, 0.1) is 0 Å². The normalized spacial score (nSPS) is 10.5. The number of nitrogens with one attached hydrogen (secondary N) is 2. The minimum Gasteiger partial charge on any atom is -0.480 e. The fourth-order valence-corrected chi connectivity index (χ4v) is 0.681. The highest BCUT2D eigenvalue weighted by atomic mass is 16.4. The quantitative estimate of drug-likeness (QED) is 0.473. The summed E-state index contributed by atoms with van der Waals surface area (Å²) in [4.78, 5) is 32.1. The van der Waals surface area contributed by atoms with E-state index >= 15 is 0 Å². The van der Waals surface area contributed by atoms with Gasteiger partial charge in [0.2, 0.25) is 5.91 Å². The van der Waals surface area contributed by atoms with E-state index in [1.54, 1.807) is 0 Å². The van der Waals surface area contributed by atoms with Crippen LogP contribution >= 0.6 is 0 Å². The summed E-state index contributed by atoms with van der Waals surface area (Å²) in [5.41, 5.74) is 3.50. The third-order valence-electron chi connectivity index (χ3n) is 1.62. The lowest BCUT2D eigenvalue weighted by atomic mass is 10.1. The van der Waals surface area contributed by atoms with E-state index in [2.05, 4.69) is 10.6 Å². The Bertz CT molecular complexity index is 275. The number of carbonyl (C=O) groups excluding carboxylic acids is 2. The predicted molar refractivity (Wildman–Crippen MR) is 52.1 cm³/mol. The van der Waals surface area contributed by atoms with Crippen LogP contribution in [0.4, 0.5) is 4.79 Å². The van der Waals surface area contributed by atoms with E-state index in [1.807, 2.05) is 0 Å². The van der Waals surface area contributed by atoms with Gasteiger partial charge in [-0.3, -0.25) is 4.79 Å². The van der Waals surface area contributed by atoms with E-state index in [4.69, 9.17) is 10.8 Å². The van der Waals surface area contributed by atoms with E-state index < -0.39 is 23.4 Å². The highest BCUT2D eigenvalue weighted by molar-refractivity contribution is 5.85. The monoisotopic (exact) mass is 217 g/mol. The number of primary amides is 1. The predicted octanol–water partition coefficient (Wildman–Crippen LogP) is -0.976. The van der Waals surface area contributed by atoms with Crippen LogP contribution in [-0.2, 0) is 9.59 Å². The van der Waals surface area contributed by atoms with E-state index in [0.717, 1.165) is 0 Å².